The van der Waals surface area contributed by atoms with Crippen LogP contribution >= 0.6 is 0 Å². The minimum Gasteiger partial charge on any atom is -0.325 e. The molecule has 1 saturated carbocycles. The van der Waals surface area contributed by atoms with E-state index >= 15 is 0 Å². The van der Waals surface area contributed by atoms with Crippen LogP contribution in [0.15, 0.2) is 24.4 Å². The maximum atomic E-state index is 13.4. The SMILES string of the molecule is NCc1cn(Cc2nc3cc(F)ccc3n2C2CC2)nn1. The molecule has 7 heteroatoms. The number of halogens is 1. The fourth-order valence-electron chi connectivity index (χ4n) is 2.63. The summed E-state index contributed by atoms with van der Waals surface area (Å²) >= 11 is 0. The van der Waals surface area contributed by atoms with Crippen LogP contribution in [0.2, 0.25) is 0 Å². The number of nitrogens with two attached hydrogens (primary N) is 1. The second-order valence-corrected chi connectivity index (χ2v) is 5.37. The molecule has 2 heterocycles. The lowest BCUT2D eigenvalue weighted by Gasteiger charge is -2.07. The Morgan fingerprint density at radius 1 is 1.33 bits per heavy atom. The second-order valence-electron chi connectivity index (χ2n) is 5.37. The van der Waals surface area contributed by atoms with Gasteiger partial charge < -0.3 is 10.3 Å². The molecule has 0 unspecified atom stereocenters. The third-order valence-electron chi connectivity index (χ3n) is 3.74. The molecule has 0 amide bonds. The summed E-state index contributed by atoms with van der Waals surface area (Å²) in [6, 6.07) is 5.22. The Bertz CT molecular complexity index is 801. The molecule has 4 rings (SSSR count). The van der Waals surface area contributed by atoms with Crippen LogP contribution in [0.1, 0.15) is 30.4 Å². The van der Waals surface area contributed by atoms with Gasteiger partial charge in [-0.05, 0) is 25.0 Å². The molecular formula is C14H15FN6. The molecule has 0 spiro atoms. The molecule has 1 aromatic carbocycles. The van der Waals surface area contributed by atoms with Gasteiger partial charge in [0.2, 0.25) is 0 Å². The van der Waals surface area contributed by atoms with Crippen molar-refractivity contribution in [2.24, 2.45) is 5.73 Å². The van der Waals surface area contributed by atoms with Crippen molar-refractivity contribution in [2.75, 3.05) is 0 Å². The van der Waals surface area contributed by atoms with Crippen LogP contribution in [0.5, 0.6) is 0 Å². The highest BCUT2D eigenvalue weighted by molar-refractivity contribution is 5.76. The van der Waals surface area contributed by atoms with Gasteiger partial charge in [-0.3, -0.25) is 0 Å². The minimum atomic E-state index is -0.263. The molecule has 0 atom stereocenters. The Balaban J connectivity index is 1.77. The van der Waals surface area contributed by atoms with Gasteiger partial charge in [-0.2, -0.15) is 0 Å². The zero-order chi connectivity index (χ0) is 14.4. The van der Waals surface area contributed by atoms with Crippen molar-refractivity contribution >= 4 is 11.0 Å². The van der Waals surface area contributed by atoms with Crippen LogP contribution in [0.25, 0.3) is 11.0 Å². The average Bonchev–Trinajstić information content (AvgIpc) is 3.10. The Hall–Kier alpha value is -2.28. The van der Waals surface area contributed by atoms with Gasteiger partial charge in [0.05, 0.1) is 22.9 Å². The lowest BCUT2D eigenvalue weighted by Crippen LogP contribution is -2.08. The van der Waals surface area contributed by atoms with E-state index in [9.17, 15) is 4.39 Å². The van der Waals surface area contributed by atoms with Crippen LogP contribution in [0.4, 0.5) is 4.39 Å². The number of aromatic nitrogens is 5. The van der Waals surface area contributed by atoms with Crippen LogP contribution in [-0.4, -0.2) is 24.5 Å². The van der Waals surface area contributed by atoms with Gasteiger partial charge in [-0.25, -0.2) is 14.1 Å². The molecule has 108 valence electrons. The first-order valence-electron chi connectivity index (χ1n) is 7.00. The average molecular weight is 286 g/mol. The molecule has 0 bridgehead atoms. The first kappa shape index (κ1) is 12.5. The summed E-state index contributed by atoms with van der Waals surface area (Å²) in [5.41, 5.74) is 7.96. The number of hydrogen-bond donors (Lipinski definition) is 1. The smallest absolute Gasteiger partial charge is 0.132 e. The van der Waals surface area contributed by atoms with Crippen molar-refractivity contribution < 1.29 is 4.39 Å². The highest BCUT2D eigenvalue weighted by atomic mass is 19.1. The van der Waals surface area contributed by atoms with Crippen molar-refractivity contribution in [3.8, 4) is 0 Å². The van der Waals surface area contributed by atoms with Crippen LogP contribution in [0.3, 0.4) is 0 Å². The predicted octanol–water partition coefficient (Wildman–Crippen LogP) is 1.61. The number of imidazole rings is 1. The van der Waals surface area contributed by atoms with Crippen molar-refractivity contribution in [3.63, 3.8) is 0 Å². The van der Waals surface area contributed by atoms with Gasteiger partial charge in [0.25, 0.3) is 0 Å². The number of benzene rings is 1. The molecule has 2 N–H and O–H groups in total. The van der Waals surface area contributed by atoms with Crippen LogP contribution in [0, 0.1) is 5.82 Å². The Morgan fingerprint density at radius 3 is 2.90 bits per heavy atom. The van der Waals surface area contributed by atoms with E-state index in [0.29, 0.717) is 24.6 Å². The molecule has 2 aromatic heterocycles. The van der Waals surface area contributed by atoms with E-state index < -0.39 is 0 Å². The quantitative estimate of drug-likeness (QED) is 0.790. The maximum absolute atomic E-state index is 13.4. The van der Waals surface area contributed by atoms with E-state index in [1.165, 1.54) is 12.1 Å². The summed E-state index contributed by atoms with van der Waals surface area (Å²) in [4.78, 5) is 4.57. The predicted molar refractivity (Wildman–Crippen MR) is 75.0 cm³/mol. The second kappa shape index (κ2) is 4.63. The summed E-state index contributed by atoms with van der Waals surface area (Å²) in [5, 5.41) is 8.03. The van der Waals surface area contributed by atoms with Gasteiger partial charge in [-0.1, -0.05) is 5.21 Å². The van der Waals surface area contributed by atoms with Gasteiger partial charge in [0.1, 0.15) is 18.2 Å². The summed E-state index contributed by atoms with van der Waals surface area (Å²) in [7, 11) is 0. The van der Waals surface area contributed by atoms with E-state index in [-0.39, 0.29) is 5.82 Å². The largest absolute Gasteiger partial charge is 0.325 e. The first-order valence-corrected chi connectivity index (χ1v) is 7.00. The number of fused-ring (bicyclic) bond motifs is 1. The summed E-state index contributed by atoms with van der Waals surface area (Å²) in [6.07, 6.45) is 4.10. The topological polar surface area (TPSA) is 74.6 Å². The molecule has 0 radical (unpaired) electrons. The van der Waals surface area contributed by atoms with Crippen molar-refractivity contribution in [2.45, 2.75) is 32.0 Å². The third-order valence-corrected chi connectivity index (χ3v) is 3.74. The van der Waals surface area contributed by atoms with Crippen molar-refractivity contribution in [3.05, 3.63) is 41.7 Å². The molecule has 0 aliphatic heterocycles. The summed E-state index contributed by atoms with van der Waals surface area (Å²) in [6.45, 7) is 0.879. The molecule has 21 heavy (non-hydrogen) atoms. The fourth-order valence-corrected chi connectivity index (χ4v) is 2.63. The molecule has 1 aliphatic rings. The minimum absolute atomic E-state index is 0.263. The molecule has 1 aliphatic carbocycles. The van der Waals surface area contributed by atoms with Crippen LogP contribution in [-0.2, 0) is 13.1 Å². The first-order chi connectivity index (χ1) is 10.2. The zero-order valence-corrected chi connectivity index (χ0v) is 11.4. The maximum Gasteiger partial charge on any atom is 0.132 e. The number of nitrogens with zero attached hydrogens (tertiary/aromatic N) is 5. The molecule has 3 aromatic rings. The van der Waals surface area contributed by atoms with Gasteiger partial charge in [-0.15, -0.1) is 5.10 Å². The highest BCUT2D eigenvalue weighted by Crippen LogP contribution is 2.38. The van der Waals surface area contributed by atoms with Gasteiger partial charge in [0, 0.05) is 18.7 Å². The van der Waals surface area contributed by atoms with Gasteiger partial charge >= 0.3 is 0 Å². The highest BCUT2D eigenvalue weighted by Gasteiger charge is 2.28. The van der Waals surface area contributed by atoms with E-state index in [0.717, 1.165) is 29.9 Å². The van der Waals surface area contributed by atoms with Gasteiger partial charge in [0.15, 0.2) is 0 Å². The Kier molecular flexibility index (Phi) is 2.75. The Morgan fingerprint density at radius 2 is 2.19 bits per heavy atom. The lowest BCUT2D eigenvalue weighted by molar-refractivity contribution is 0.589. The zero-order valence-electron chi connectivity index (χ0n) is 11.4. The standard InChI is InChI=1S/C14H15FN6/c15-9-1-4-13-12(5-9)17-14(21(13)11-2-3-11)8-20-7-10(6-16)18-19-20/h1,4-5,7,11H,2-3,6,8,16H2. The third kappa shape index (κ3) is 2.19. The van der Waals surface area contributed by atoms with E-state index in [2.05, 4.69) is 19.9 Å². The van der Waals surface area contributed by atoms with Crippen molar-refractivity contribution in [1.82, 2.24) is 24.5 Å². The fraction of sp³-hybridized carbons (Fsp3) is 0.357. The van der Waals surface area contributed by atoms with E-state index in [1.807, 2.05) is 6.20 Å². The number of rotatable bonds is 4. The van der Waals surface area contributed by atoms with Crippen molar-refractivity contribution in [1.29, 1.82) is 0 Å². The lowest BCUT2D eigenvalue weighted by atomic mass is 10.3. The molecule has 0 saturated heterocycles. The molecular weight excluding hydrogens is 271 g/mol. The Labute approximate surface area is 120 Å². The summed E-state index contributed by atoms with van der Waals surface area (Å²) < 4.78 is 17.3. The molecule has 1 fully saturated rings. The molecule has 6 nitrogen and oxygen atoms in total. The normalized spacial score (nSPS) is 15.0. The number of hydrogen-bond acceptors (Lipinski definition) is 4. The van der Waals surface area contributed by atoms with E-state index in [4.69, 9.17) is 5.73 Å². The summed E-state index contributed by atoms with van der Waals surface area (Å²) in [5.74, 6) is 0.618. The monoisotopic (exact) mass is 286 g/mol. The van der Waals surface area contributed by atoms with Crippen LogP contribution < -0.4 is 5.73 Å². The van der Waals surface area contributed by atoms with E-state index in [1.54, 1.807) is 10.7 Å².